The molecule has 4 nitrogen and oxygen atoms in total. The number of aromatic nitrogens is 2. The molecule has 6 heteroatoms. The predicted molar refractivity (Wildman–Crippen MR) is 80.0 cm³/mol. The molecule has 2 aromatic rings. The second-order valence-electron chi connectivity index (χ2n) is 4.22. The van der Waals surface area contributed by atoms with E-state index in [1.54, 1.807) is 6.92 Å². The zero-order valence-corrected chi connectivity index (χ0v) is 13.2. The fourth-order valence-corrected chi connectivity index (χ4v) is 3.59. The molecular weight excluding hydrogens is 326 g/mol. The SMILES string of the molecule is CCC(N)C(Sc1nnc(C)o1)c1ccccc1Br. The minimum Gasteiger partial charge on any atom is -0.416 e. The van der Waals surface area contributed by atoms with E-state index in [4.69, 9.17) is 10.2 Å². The van der Waals surface area contributed by atoms with Gasteiger partial charge in [-0.25, -0.2) is 0 Å². The van der Waals surface area contributed by atoms with Crippen LogP contribution in [0.3, 0.4) is 0 Å². The number of halogens is 1. The fourth-order valence-electron chi connectivity index (χ4n) is 1.74. The predicted octanol–water partition coefficient (Wildman–Crippen LogP) is 3.71. The third-order valence-electron chi connectivity index (χ3n) is 2.81. The molecule has 0 bridgehead atoms. The summed E-state index contributed by atoms with van der Waals surface area (Å²) in [5.41, 5.74) is 7.39. The number of benzene rings is 1. The molecule has 19 heavy (non-hydrogen) atoms. The first kappa shape index (κ1) is 14.6. The quantitative estimate of drug-likeness (QED) is 0.839. The second kappa shape index (κ2) is 6.54. The van der Waals surface area contributed by atoms with Crippen LogP contribution < -0.4 is 5.73 Å². The summed E-state index contributed by atoms with van der Waals surface area (Å²) >= 11 is 5.09. The van der Waals surface area contributed by atoms with E-state index in [2.05, 4.69) is 39.1 Å². The number of thioether (sulfide) groups is 1. The number of aryl methyl sites for hydroxylation is 1. The van der Waals surface area contributed by atoms with Gasteiger partial charge >= 0.3 is 0 Å². The highest BCUT2D eigenvalue weighted by Gasteiger charge is 2.24. The summed E-state index contributed by atoms with van der Waals surface area (Å²) < 4.78 is 6.49. The molecule has 0 amide bonds. The van der Waals surface area contributed by atoms with Crippen molar-refractivity contribution >= 4 is 27.7 Å². The molecule has 1 aromatic heterocycles. The first-order chi connectivity index (χ1) is 9.11. The Bertz CT molecular complexity index is 546. The van der Waals surface area contributed by atoms with Gasteiger partial charge in [0.15, 0.2) is 0 Å². The number of nitrogens with zero attached hydrogens (tertiary/aromatic N) is 2. The summed E-state index contributed by atoms with van der Waals surface area (Å²) in [5.74, 6) is 0.568. The normalized spacial score (nSPS) is 14.3. The number of rotatable bonds is 5. The standard InChI is InChI=1S/C13H16BrN3OS/c1-3-11(15)12(9-6-4-5-7-10(9)14)19-13-17-16-8(2)18-13/h4-7,11-12H,3,15H2,1-2H3. The van der Waals surface area contributed by atoms with Crippen LogP contribution in [-0.4, -0.2) is 16.2 Å². The van der Waals surface area contributed by atoms with Crippen LogP contribution in [0.25, 0.3) is 0 Å². The first-order valence-corrected chi connectivity index (χ1v) is 7.75. The van der Waals surface area contributed by atoms with Gasteiger partial charge in [-0.1, -0.05) is 52.8 Å². The van der Waals surface area contributed by atoms with E-state index in [1.807, 2.05) is 18.2 Å². The van der Waals surface area contributed by atoms with Crippen molar-refractivity contribution in [2.45, 2.75) is 36.8 Å². The Hall–Kier alpha value is -0.850. The molecule has 0 saturated heterocycles. The van der Waals surface area contributed by atoms with Gasteiger partial charge in [-0.05, 0) is 18.1 Å². The fraction of sp³-hybridized carbons (Fsp3) is 0.385. The molecule has 2 atom stereocenters. The zero-order chi connectivity index (χ0) is 13.8. The van der Waals surface area contributed by atoms with Crippen molar-refractivity contribution in [1.82, 2.24) is 10.2 Å². The molecule has 0 radical (unpaired) electrons. The summed E-state index contributed by atoms with van der Waals surface area (Å²) in [6.45, 7) is 3.86. The molecule has 0 saturated carbocycles. The highest BCUT2D eigenvalue weighted by Crippen LogP contribution is 2.40. The zero-order valence-electron chi connectivity index (χ0n) is 10.8. The van der Waals surface area contributed by atoms with E-state index >= 15 is 0 Å². The average Bonchev–Trinajstić information content (AvgIpc) is 2.82. The van der Waals surface area contributed by atoms with Crippen LogP contribution in [-0.2, 0) is 0 Å². The first-order valence-electron chi connectivity index (χ1n) is 6.08. The monoisotopic (exact) mass is 341 g/mol. The van der Waals surface area contributed by atoms with Crippen LogP contribution in [0.5, 0.6) is 0 Å². The third-order valence-corrected chi connectivity index (χ3v) is 4.75. The van der Waals surface area contributed by atoms with Gasteiger partial charge in [0.05, 0.1) is 5.25 Å². The van der Waals surface area contributed by atoms with Crippen molar-refractivity contribution in [1.29, 1.82) is 0 Å². The van der Waals surface area contributed by atoms with Gasteiger partial charge in [-0.15, -0.1) is 10.2 Å². The Morgan fingerprint density at radius 2 is 2.11 bits per heavy atom. The molecular formula is C13H16BrN3OS. The smallest absolute Gasteiger partial charge is 0.277 e. The van der Waals surface area contributed by atoms with Gasteiger partial charge in [-0.3, -0.25) is 0 Å². The lowest BCUT2D eigenvalue weighted by molar-refractivity contribution is 0.427. The molecule has 1 aromatic carbocycles. The minimum atomic E-state index is 0.0240. The molecule has 0 aliphatic carbocycles. The van der Waals surface area contributed by atoms with Gasteiger partial charge in [-0.2, -0.15) is 0 Å². The van der Waals surface area contributed by atoms with Crippen LogP contribution in [0.1, 0.15) is 30.0 Å². The Morgan fingerprint density at radius 3 is 2.68 bits per heavy atom. The summed E-state index contributed by atoms with van der Waals surface area (Å²) in [5, 5.41) is 8.53. The van der Waals surface area contributed by atoms with Crippen molar-refractivity contribution in [3.8, 4) is 0 Å². The van der Waals surface area contributed by atoms with E-state index in [1.165, 1.54) is 11.8 Å². The van der Waals surface area contributed by atoms with Crippen LogP contribution in [0, 0.1) is 6.92 Å². The summed E-state index contributed by atoms with van der Waals surface area (Å²) in [6, 6.07) is 8.11. The highest BCUT2D eigenvalue weighted by atomic mass is 79.9. The molecule has 2 N–H and O–H groups in total. The van der Waals surface area contributed by atoms with Gasteiger partial charge < -0.3 is 10.2 Å². The largest absolute Gasteiger partial charge is 0.416 e. The number of hydrogen-bond donors (Lipinski definition) is 1. The molecule has 2 unspecified atom stereocenters. The third kappa shape index (κ3) is 3.58. The molecule has 0 aliphatic heterocycles. The van der Waals surface area contributed by atoms with Gasteiger partial charge in [0.1, 0.15) is 0 Å². The molecule has 1 heterocycles. The molecule has 0 fully saturated rings. The maximum absolute atomic E-state index is 6.24. The molecule has 102 valence electrons. The van der Waals surface area contributed by atoms with Crippen LogP contribution in [0.2, 0.25) is 0 Å². The maximum Gasteiger partial charge on any atom is 0.277 e. The Labute approximate surface area is 125 Å². The van der Waals surface area contributed by atoms with Crippen molar-refractivity contribution in [3.05, 3.63) is 40.2 Å². The van der Waals surface area contributed by atoms with Gasteiger partial charge in [0.2, 0.25) is 5.89 Å². The summed E-state index contributed by atoms with van der Waals surface area (Å²) in [6.07, 6.45) is 0.881. The van der Waals surface area contributed by atoms with Crippen LogP contribution in [0.4, 0.5) is 0 Å². The number of hydrogen-bond acceptors (Lipinski definition) is 5. The summed E-state index contributed by atoms with van der Waals surface area (Å²) in [7, 11) is 0. The molecule has 2 rings (SSSR count). The topological polar surface area (TPSA) is 64.9 Å². The Kier molecular flexibility index (Phi) is 5.01. The second-order valence-corrected chi connectivity index (χ2v) is 6.17. The van der Waals surface area contributed by atoms with Crippen LogP contribution in [0.15, 0.2) is 38.4 Å². The molecule has 0 spiro atoms. The van der Waals surface area contributed by atoms with Crippen molar-refractivity contribution in [2.24, 2.45) is 5.73 Å². The Balaban J connectivity index is 2.29. The van der Waals surface area contributed by atoms with Crippen LogP contribution >= 0.6 is 27.7 Å². The maximum atomic E-state index is 6.24. The van der Waals surface area contributed by atoms with E-state index in [9.17, 15) is 0 Å². The lowest BCUT2D eigenvalue weighted by Crippen LogP contribution is -2.25. The minimum absolute atomic E-state index is 0.0240. The van der Waals surface area contributed by atoms with Gasteiger partial charge in [0, 0.05) is 17.4 Å². The van der Waals surface area contributed by atoms with E-state index in [0.717, 1.165) is 16.5 Å². The van der Waals surface area contributed by atoms with E-state index in [0.29, 0.717) is 11.1 Å². The van der Waals surface area contributed by atoms with E-state index in [-0.39, 0.29) is 11.3 Å². The van der Waals surface area contributed by atoms with Gasteiger partial charge in [0.25, 0.3) is 5.22 Å². The van der Waals surface area contributed by atoms with E-state index < -0.39 is 0 Å². The number of nitrogens with two attached hydrogens (primary N) is 1. The van der Waals surface area contributed by atoms with Crippen molar-refractivity contribution < 1.29 is 4.42 Å². The van der Waals surface area contributed by atoms with Crippen molar-refractivity contribution in [3.63, 3.8) is 0 Å². The lowest BCUT2D eigenvalue weighted by atomic mass is 10.0. The lowest BCUT2D eigenvalue weighted by Gasteiger charge is -2.22. The average molecular weight is 342 g/mol. The highest BCUT2D eigenvalue weighted by molar-refractivity contribution is 9.10. The summed E-state index contributed by atoms with van der Waals surface area (Å²) in [4.78, 5) is 0. The molecule has 0 aliphatic rings. The Morgan fingerprint density at radius 1 is 1.37 bits per heavy atom. The van der Waals surface area contributed by atoms with Crippen molar-refractivity contribution in [2.75, 3.05) is 0 Å².